The Hall–Kier alpha value is -3.88. The van der Waals surface area contributed by atoms with Gasteiger partial charge in [0.15, 0.2) is 11.5 Å². The van der Waals surface area contributed by atoms with Crippen molar-refractivity contribution in [1.82, 2.24) is 24.7 Å². The van der Waals surface area contributed by atoms with Gasteiger partial charge in [-0.3, -0.25) is 4.79 Å². The first-order valence-electron chi connectivity index (χ1n) is 9.88. The highest BCUT2D eigenvalue weighted by molar-refractivity contribution is 5.89. The second-order valence-electron chi connectivity index (χ2n) is 7.55. The van der Waals surface area contributed by atoms with E-state index in [-0.39, 0.29) is 42.0 Å². The fraction of sp³-hybridized carbons (Fsp3) is 0.227. The second-order valence-corrected chi connectivity index (χ2v) is 7.55. The van der Waals surface area contributed by atoms with Gasteiger partial charge in [0.25, 0.3) is 0 Å². The standard InChI is InChI=1S/C22H18FN5O3/c23-16-6-2-1-4-13(16)11-28-21-14(5-3-9-24-21)19(27-28)20-25-18(12-7-8-12)15(10-17(29)30)22(31)26-20/h1-6,9,12H,7-8,10-11H2,(H,29,30)(H,25,26,31). The van der Waals surface area contributed by atoms with E-state index in [4.69, 9.17) is 0 Å². The molecular weight excluding hydrogens is 401 g/mol. The van der Waals surface area contributed by atoms with Gasteiger partial charge in [0.1, 0.15) is 11.5 Å². The van der Waals surface area contributed by atoms with Crippen molar-refractivity contribution in [1.29, 1.82) is 0 Å². The highest BCUT2D eigenvalue weighted by Gasteiger charge is 2.32. The molecule has 1 aliphatic carbocycles. The van der Waals surface area contributed by atoms with E-state index in [1.165, 1.54) is 6.07 Å². The third-order valence-electron chi connectivity index (χ3n) is 5.31. The van der Waals surface area contributed by atoms with Crippen LogP contribution in [-0.4, -0.2) is 40.9 Å². The number of halogens is 1. The van der Waals surface area contributed by atoms with Gasteiger partial charge >= 0.3 is 5.97 Å². The maximum absolute atomic E-state index is 14.2. The van der Waals surface area contributed by atoms with Crippen LogP contribution in [0.5, 0.6) is 5.88 Å². The monoisotopic (exact) mass is 419 g/mol. The number of benzene rings is 1. The molecule has 1 aliphatic rings. The minimum atomic E-state index is -1.06. The van der Waals surface area contributed by atoms with Crippen LogP contribution in [-0.2, 0) is 17.8 Å². The Balaban J connectivity index is 1.64. The van der Waals surface area contributed by atoms with E-state index in [0.717, 1.165) is 12.8 Å². The predicted octanol–water partition coefficient (Wildman–Crippen LogP) is 3.29. The molecule has 1 fully saturated rings. The van der Waals surface area contributed by atoms with Crippen LogP contribution in [0.15, 0.2) is 42.6 Å². The number of pyridine rings is 1. The Bertz CT molecular complexity index is 1320. The third-order valence-corrected chi connectivity index (χ3v) is 5.31. The van der Waals surface area contributed by atoms with Crippen molar-refractivity contribution in [3.05, 3.63) is 65.2 Å². The summed E-state index contributed by atoms with van der Waals surface area (Å²) in [7, 11) is 0. The van der Waals surface area contributed by atoms with Crippen LogP contribution in [0.25, 0.3) is 22.6 Å². The SMILES string of the molecule is O=C(O)Cc1c(O)nc(-c2nn(Cc3ccccc3F)c3ncccc23)nc1C1CC1. The van der Waals surface area contributed by atoms with Crippen molar-refractivity contribution in [2.45, 2.75) is 31.7 Å². The lowest BCUT2D eigenvalue weighted by molar-refractivity contribution is -0.136. The fourth-order valence-corrected chi connectivity index (χ4v) is 3.68. The van der Waals surface area contributed by atoms with Crippen LogP contribution >= 0.6 is 0 Å². The van der Waals surface area contributed by atoms with Gasteiger partial charge in [0, 0.05) is 23.2 Å². The van der Waals surface area contributed by atoms with Crippen LogP contribution in [0.2, 0.25) is 0 Å². The molecule has 4 aromatic rings. The van der Waals surface area contributed by atoms with Gasteiger partial charge in [-0.1, -0.05) is 18.2 Å². The topological polar surface area (TPSA) is 114 Å². The molecule has 0 amide bonds. The Morgan fingerprint density at radius 1 is 1.16 bits per heavy atom. The number of carbonyl (C=O) groups is 1. The number of aromatic hydroxyl groups is 1. The van der Waals surface area contributed by atoms with Gasteiger partial charge in [-0.25, -0.2) is 19.0 Å². The fourth-order valence-electron chi connectivity index (χ4n) is 3.68. The van der Waals surface area contributed by atoms with Gasteiger partial charge in [0.05, 0.1) is 24.0 Å². The molecule has 8 nitrogen and oxygen atoms in total. The molecule has 1 saturated carbocycles. The van der Waals surface area contributed by atoms with Crippen molar-refractivity contribution in [2.75, 3.05) is 0 Å². The highest BCUT2D eigenvalue weighted by atomic mass is 19.1. The number of hydrogen-bond acceptors (Lipinski definition) is 6. The maximum Gasteiger partial charge on any atom is 0.308 e. The first kappa shape index (κ1) is 19.1. The molecule has 0 radical (unpaired) electrons. The minimum absolute atomic E-state index is 0.104. The van der Waals surface area contributed by atoms with Crippen molar-refractivity contribution in [3.8, 4) is 17.4 Å². The molecule has 0 aliphatic heterocycles. The maximum atomic E-state index is 14.2. The lowest BCUT2D eigenvalue weighted by Crippen LogP contribution is -2.08. The summed E-state index contributed by atoms with van der Waals surface area (Å²) in [5, 5.41) is 24.9. The average molecular weight is 419 g/mol. The Kier molecular flexibility index (Phi) is 4.58. The smallest absolute Gasteiger partial charge is 0.308 e. The van der Waals surface area contributed by atoms with Crippen LogP contribution in [0, 0.1) is 5.82 Å². The largest absolute Gasteiger partial charge is 0.493 e. The summed E-state index contributed by atoms with van der Waals surface area (Å²) in [5.41, 5.74) is 2.19. The van der Waals surface area contributed by atoms with Gasteiger partial charge in [-0.2, -0.15) is 10.1 Å². The summed E-state index contributed by atoms with van der Waals surface area (Å²) in [5.74, 6) is -1.45. The van der Waals surface area contributed by atoms with Crippen LogP contribution < -0.4 is 0 Å². The molecule has 3 heterocycles. The molecule has 0 saturated heterocycles. The first-order chi connectivity index (χ1) is 15.0. The lowest BCUT2D eigenvalue weighted by Gasteiger charge is -2.09. The molecule has 0 bridgehead atoms. The lowest BCUT2D eigenvalue weighted by atomic mass is 10.1. The molecule has 3 aromatic heterocycles. The average Bonchev–Trinajstić information content (AvgIpc) is 3.53. The van der Waals surface area contributed by atoms with E-state index in [1.807, 2.05) is 6.07 Å². The summed E-state index contributed by atoms with van der Waals surface area (Å²) >= 11 is 0. The summed E-state index contributed by atoms with van der Waals surface area (Å²) in [6.45, 7) is 0.165. The van der Waals surface area contributed by atoms with Crippen LogP contribution in [0.1, 0.15) is 35.6 Å². The van der Waals surface area contributed by atoms with Crippen LogP contribution in [0.4, 0.5) is 4.39 Å². The minimum Gasteiger partial charge on any atom is -0.493 e. The second kappa shape index (κ2) is 7.42. The summed E-state index contributed by atoms with van der Waals surface area (Å²) in [6.07, 6.45) is 3.04. The Labute approximate surface area is 176 Å². The van der Waals surface area contributed by atoms with E-state index >= 15 is 0 Å². The summed E-state index contributed by atoms with van der Waals surface area (Å²) < 4.78 is 15.8. The van der Waals surface area contributed by atoms with Crippen molar-refractivity contribution >= 4 is 17.0 Å². The van der Waals surface area contributed by atoms with Gasteiger partial charge in [0.2, 0.25) is 5.88 Å². The molecule has 0 atom stereocenters. The predicted molar refractivity (Wildman–Crippen MR) is 109 cm³/mol. The Morgan fingerprint density at radius 3 is 2.71 bits per heavy atom. The molecule has 2 N–H and O–H groups in total. The number of carboxylic acid groups (broad SMARTS) is 1. The van der Waals surface area contributed by atoms with Crippen molar-refractivity contribution in [3.63, 3.8) is 0 Å². The molecule has 9 heteroatoms. The van der Waals surface area contributed by atoms with E-state index in [0.29, 0.717) is 28.0 Å². The summed E-state index contributed by atoms with van der Waals surface area (Å²) in [4.78, 5) is 24.4. The zero-order valence-electron chi connectivity index (χ0n) is 16.4. The molecule has 156 valence electrons. The molecular formula is C22H18FN5O3. The zero-order valence-corrected chi connectivity index (χ0v) is 16.4. The zero-order chi connectivity index (χ0) is 21.5. The Morgan fingerprint density at radius 2 is 1.97 bits per heavy atom. The number of hydrogen-bond donors (Lipinski definition) is 2. The van der Waals surface area contributed by atoms with E-state index in [1.54, 1.807) is 35.1 Å². The first-order valence-corrected chi connectivity index (χ1v) is 9.88. The number of fused-ring (bicyclic) bond motifs is 1. The number of aliphatic carboxylic acids is 1. The number of aromatic nitrogens is 5. The highest BCUT2D eigenvalue weighted by Crippen LogP contribution is 2.43. The van der Waals surface area contributed by atoms with Crippen LogP contribution in [0.3, 0.4) is 0 Å². The van der Waals surface area contributed by atoms with Gasteiger partial charge < -0.3 is 10.2 Å². The molecule has 0 spiro atoms. The number of carboxylic acids is 1. The number of rotatable bonds is 6. The summed E-state index contributed by atoms with van der Waals surface area (Å²) in [6, 6.07) is 10.0. The molecule has 0 unspecified atom stereocenters. The van der Waals surface area contributed by atoms with E-state index in [9.17, 15) is 19.4 Å². The van der Waals surface area contributed by atoms with E-state index in [2.05, 4.69) is 20.1 Å². The quantitative estimate of drug-likeness (QED) is 0.493. The van der Waals surface area contributed by atoms with Gasteiger partial charge in [-0.05, 0) is 31.0 Å². The molecule has 1 aromatic carbocycles. The molecule has 5 rings (SSSR count). The van der Waals surface area contributed by atoms with E-state index < -0.39 is 5.97 Å². The van der Waals surface area contributed by atoms with Crippen molar-refractivity contribution in [2.24, 2.45) is 0 Å². The normalized spacial score (nSPS) is 13.6. The molecule has 31 heavy (non-hydrogen) atoms. The number of nitrogens with zero attached hydrogens (tertiary/aromatic N) is 5. The third kappa shape index (κ3) is 3.58. The van der Waals surface area contributed by atoms with Crippen molar-refractivity contribution < 1.29 is 19.4 Å². The van der Waals surface area contributed by atoms with Gasteiger partial charge in [-0.15, -0.1) is 0 Å².